The van der Waals surface area contributed by atoms with Crippen molar-refractivity contribution in [3.8, 4) is 0 Å². The Morgan fingerprint density at radius 2 is 2.07 bits per heavy atom. The second kappa shape index (κ2) is 4.21. The molecule has 2 fully saturated rings. The van der Waals surface area contributed by atoms with Crippen LogP contribution in [0.3, 0.4) is 0 Å². The minimum absolute atomic E-state index is 0.0989. The molecule has 0 bridgehead atoms. The molecule has 0 aromatic heterocycles. The van der Waals surface area contributed by atoms with Crippen LogP contribution in [0.15, 0.2) is 0 Å². The van der Waals surface area contributed by atoms with E-state index in [-0.39, 0.29) is 17.8 Å². The van der Waals surface area contributed by atoms with Gasteiger partial charge in [-0.05, 0) is 25.2 Å². The van der Waals surface area contributed by atoms with Crippen LogP contribution in [0.5, 0.6) is 0 Å². The van der Waals surface area contributed by atoms with Gasteiger partial charge in [0.15, 0.2) is 0 Å². The van der Waals surface area contributed by atoms with Crippen LogP contribution in [-0.4, -0.2) is 37.0 Å². The van der Waals surface area contributed by atoms with E-state index in [9.17, 15) is 9.59 Å². The minimum atomic E-state index is -0.184. The fourth-order valence-corrected chi connectivity index (χ4v) is 2.04. The Hall–Kier alpha value is -1.06. The summed E-state index contributed by atoms with van der Waals surface area (Å²) in [5.41, 5.74) is 0. The summed E-state index contributed by atoms with van der Waals surface area (Å²) in [6.45, 7) is 1.27. The molecule has 0 radical (unpaired) electrons. The molecule has 1 aliphatic carbocycles. The first kappa shape index (κ1) is 10.5. The molecule has 2 rings (SSSR count). The molecule has 2 aliphatic rings. The van der Waals surface area contributed by atoms with E-state index >= 15 is 0 Å². The fraction of sp³-hybridized carbons (Fsp3) is 0.818. The molecule has 1 atom stereocenters. The molecule has 0 aromatic rings. The number of ether oxygens (including phenoxy) is 1. The lowest BCUT2D eigenvalue weighted by atomic mass is 10.1. The molecule has 15 heavy (non-hydrogen) atoms. The summed E-state index contributed by atoms with van der Waals surface area (Å²) in [4.78, 5) is 24.8. The SMILES string of the molecule is COC(=O)C1CCN(C(=O)CC2CC2)C1. The van der Waals surface area contributed by atoms with Crippen molar-refractivity contribution in [2.24, 2.45) is 11.8 Å². The minimum Gasteiger partial charge on any atom is -0.469 e. The molecule has 1 heterocycles. The standard InChI is InChI=1S/C11H17NO3/c1-15-11(14)9-4-5-12(7-9)10(13)6-8-2-3-8/h8-9H,2-7H2,1H3. The predicted octanol–water partition coefficient (Wildman–Crippen LogP) is 0.808. The van der Waals surface area contributed by atoms with Crippen LogP contribution in [0.1, 0.15) is 25.7 Å². The Kier molecular flexibility index (Phi) is 2.93. The van der Waals surface area contributed by atoms with Gasteiger partial charge in [0.1, 0.15) is 0 Å². The molecule has 1 unspecified atom stereocenters. The third-order valence-electron chi connectivity index (χ3n) is 3.24. The van der Waals surface area contributed by atoms with Gasteiger partial charge in [-0.3, -0.25) is 9.59 Å². The van der Waals surface area contributed by atoms with Gasteiger partial charge in [-0.1, -0.05) is 0 Å². The van der Waals surface area contributed by atoms with Crippen molar-refractivity contribution in [3.05, 3.63) is 0 Å². The molecule has 1 aliphatic heterocycles. The summed E-state index contributed by atoms with van der Waals surface area (Å²) in [6.07, 6.45) is 3.82. The second-order valence-corrected chi connectivity index (χ2v) is 4.50. The number of methoxy groups -OCH3 is 1. The molecule has 0 aromatic carbocycles. The zero-order valence-electron chi connectivity index (χ0n) is 9.07. The molecule has 84 valence electrons. The third-order valence-corrected chi connectivity index (χ3v) is 3.24. The van der Waals surface area contributed by atoms with E-state index in [4.69, 9.17) is 0 Å². The molecule has 4 heteroatoms. The molecule has 1 amide bonds. The van der Waals surface area contributed by atoms with E-state index in [1.807, 2.05) is 0 Å². The lowest BCUT2D eigenvalue weighted by Gasteiger charge is -2.15. The average molecular weight is 211 g/mol. The molecule has 1 saturated heterocycles. The topological polar surface area (TPSA) is 46.6 Å². The van der Waals surface area contributed by atoms with E-state index in [2.05, 4.69) is 4.74 Å². The number of carbonyl (C=O) groups excluding carboxylic acids is 2. The first-order valence-corrected chi connectivity index (χ1v) is 5.56. The summed E-state index contributed by atoms with van der Waals surface area (Å²) in [5, 5.41) is 0. The van der Waals surface area contributed by atoms with E-state index in [1.54, 1.807) is 4.90 Å². The number of amides is 1. The van der Waals surface area contributed by atoms with Crippen molar-refractivity contribution in [1.82, 2.24) is 4.90 Å². The quantitative estimate of drug-likeness (QED) is 0.649. The van der Waals surface area contributed by atoms with Crippen molar-refractivity contribution in [2.75, 3.05) is 20.2 Å². The number of likely N-dealkylation sites (tertiary alicyclic amines) is 1. The van der Waals surface area contributed by atoms with Gasteiger partial charge in [-0.2, -0.15) is 0 Å². The Balaban J connectivity index is 1.80. The smallest absolute Gasteiger partial charge is 0.310 e. The third kappa shape index (κ3) is 2.49. The summed E-state index contributed by atoms with van der Waals surface area (Å²) < 4.78 is 4.68. The van der Waals surface area contributed by atoms with Gasteiger partial charge in [0.25, 0.3) is 0 Å². The number of rotatable bonds is 3. The second-order valence-electron chi connectivity index (χ2n) is 4.50. The largest absolute Gasteiger partial charge is 0.469 e. The number of hydrogen-bond acceptors (Lipinski definition) is 3. The molecule has 0 spiro atoms. The Labute approximate surface area is 89.6 Å². The lowest BCUT2D eigenvalue weighted by molar-refractivity contribution is -0.145. The maximum atomic E-state index is 11.7. The van der Waals surface area contributed by atoms with E-state index in [1.165, 1.54) is 20.0 Å². The number of esters is 1. The van der Waals surface area contributed by atoms with Gasteiger partial charge in [0.2, 0.25) is 5.91 Å². The Morgan fingerprint density at radius 3 is 2.67 bits per heavy atom. The first-order valence-electron chi connectivity index (χ1n) is 5.56. The molecule has 4 nitrogen and oxygen atoms in total. The van der Waals surface area contributed by atoms with Gasteiger partial charge in [0, 0.05) is 19.5 Å². The van der Waals surface area contributed by atoms with E-state index in [0.717, 1.165) is 6.42 Å². The van der Waals surface area contributed by atoms with Gasteiger partial charge in [-0.15, -0.1) is 0 Å². The van der Waals surface area contributed by atoms with Crippen molar-refractivity contribution < 1.29 is 14.3 Å². The van der Waals surface area contributed by atoms with Gasteiger partial charge in [0.05, 0.1) is 13.0 Å². The number of carbonyl (C=O) groups is 2. The number of nitrogens with zero attached hydrogens (tertiary/aromatic N) is 1. The van der Waals surface area contributed by atoms with Crippen LogP contribution in [0.4, 0.5) is 0 Å². The van der Waals surface area contributed by atoms with E-state index in [0.29, 0.717) is 25.4 Å². The summed E-state index contributed by atoms with van der Waals surface area (Å²) in [7, 11) is 1.40. The maximum Gasteiger partial charge on any atom is 0.310 e. The highest BCUT2D eigenvalue weighted by Gasteiger charge is 2.34. The van der Waals surface area contributed by atoms with Crippen LogP contribution in [0, 0.1) is 11.8 Å². The zero-order valence-corrected chi connectivity index (χ0v) is 9.07. The van der Waals surface area contributed by atoms with Crippen molar-refractivity contribution in [3.63, 3.8) is 0 Å². The molecular formula is C11H17NO3. The Morgan fingerprint density at radius 1 is 1.33 bits per heavy atom. The fourth-order valence-electron chi connectivity index (χ4n) is 2.04. The van der Waals surface area contributed by atoms with Crippen LogP contribution in [0.2, 0.25) is 0 Å². The van der Waals surface area contributed by atoms with Crippen molar-refractivity contribution in [2.45, 2.75) is 25.7 Å². The lowest BCUT2D eigenvalue weighted by Crippen LogP contribution is -2.30. The Bertz CT molecular complexity index is 273. The predicted molar refractivity (Wildman–Crippen MR) is 54.0 cm³/mol. The van der Waals surface area contributed by atoms with Crippen LogP contribution in [-0.2, 0) is 14.3 Å². The maximum absolute atomic E-state index is 11.7. The van der Waals surface area contributed by atoms with Crippen LogP contribution < -0.4 is 0 Å². The van der Waals surface area contributed by atoms with Crippen molar-refractivity contribution in [1.29, 1.82) is 0 Å². The van der Waals surface area contributed by atoms with E-state index < -0.39 is 0 Å². The highest BCUT2D eigenvalue weighted by Crippen LogP contribution is 2.33. The highest BCUT2D eigenvalue weighted by atomic mass is 16.5. The first-order chi connectivity index (χ1) is 7.20. The van der Waals surface area contributed by atoms with Crippen LogP contribution in [0.25, 0.3) is 0 Å². The average Bonchev–Trinajstić information content (AvgIpc) is 2.91. The van der Waals surface area contributed by atoms with Gasteiger partial charge in [-0.25, -0.2) is 0 Å². The molecular weight excluding hydrogens is 194 g/mol. The van der Waals surface area contributed by atoms with Gasteiger partial charge >= 0.3 is 5.97 Å². The normalized spacial score (nSPS) is 25.4. The highest BCUT2D eigenvalue weighted by molar-refractivity contribution is 5.79. The monoisotopic (exact) mass is 211 g/mol. The van der Waals surface area contributed by atoms with Crippen molar-refractivity contribution >= 4 is 11.9 Å². The van der Waals surface area contributed by atoms with Gasteiger partial charge < -0.3 is 9.64 Å². The number of hydrogen-bond donors (Lipinski definition) is 0. The molecule has 1 saturated carbocycles. The summed E-state index contributed by atoms with van der Waals surface area (Å²) in [5.74, 6) is 0.549. The summed E-state index contributed by atoms with van der Waals surface area (Å²) >= 11 is 0. The molecule has 0 N–H and O–H groups in total. The zero-order chi connectivity index (χ0) is 10.8. The summed E-state index contributed by atoms with van der Waals surface area (Å²) in [6, 6.07) is 0. The van der Waals surface area contributed by atoms with Crippen LogP contribution >= 0.6 is 0 Å².